The topological polar surface area (TPSA) is 59.0 Å². The second kappa shape index (κ2) is 9.38. The second-order valence-corrected chi connectivity index (χ2v) is 6.40. The Morgan fingerprint density at radius 1 is 1.29 bits per heavy atom. The van der Waals surface area contributed by atoms with Gasteiger partial charge in [-0.3, -0.25) is 9.69 Å². The average Bonchev–Trinajstić information content (AvgIpc) is 2.44. The molecule has 0 bridgehead atoms. The third-order valence-electron chi connectivity index (χ3n) is 4.51. The van der Waals surface area contributed by atoms with Crippen molar-refractivity contribution in [2.45, 2.75) is 39.0 Å². The zero-order valence-corrected chi connectivity index (χ0v) is 13.8. The number of carbonyl (C=O) groups is 1. The molecule has 2 unspecified atom stereocenters. The lowest BCUT2D eigenvalue weighted by molar-refractivity contribution is -0.153. The van der Waals surface area contributed by atoms with Crippen molar-refractivity contribution in [3.8, 4) is 0 Å². The molecule has 0 heterocycles. The zero-order valence-electron chi connectivity index (χ0n) is 13.8. The number of carboxylic acid groups (broad SMARTS) is 1. The largest absolute Gasteiger partial charge is 0.481 e. The molecule has 1 aliphatic rings. The Bertz CT molecular complexity index is 311. The van der Waals surface area contributed by atoms with Crippen LogP contribution in [0.2, 0.25) is 0 Å². The highest BCUT2D eigenvalue weighted by atomic mass is 16.5. The van der Waals surface area contributed by atoms with E-state index in [1.54, 1.807) is 14.2 Å². The smallest absolute Gasteiger partial charge is 0.310 e. The Morgan fingerprint density at radius 3 is 2.57 bits per heavy atom. The van der Waals surface area contributed by atoms with Gasteiger partial charge < -0.3 is 14.6 Å². The lowest BCUT2D eigenvalue weighted by atomic mass is 9.69. The molecular formula is C16H31NO4. The number of rotatable bonds is 10. The molecule has 0 aromatic carbocycles. The molecule has 1 N–H and O–H groups in total. The van der Waals surface area contributed by atoms with Crippen LogP contribution in [-0.2, 0) is 14.3 Å². The molecule has 2 atom stereocenters. The van der Waals surface area contributed by atoms with Crippen LogP contribution >= 0.6 is 0 Å². The predicted octanol–water partition coefficient (Wildman–Crippen LogP) is 2.25. The summed E-state index contributed by atoms with van der Waals surface area (Å²) in [6.07, 6.45) is 4.67. The lowest BCUT2D eigenvalue weighted by Crippen LogP contribution is -2.47. The lowest BCUT2D eigenvalue weighted by Gasteiger charge is -2.40. The maximum atomic E-state index is 11.9. The fourth-order valence-electron chi connectivity index (χ4n) is 3.42. The first kappa shape index (κ1) is 18.4. The molecule has 0 spiro atoms. The normalized spacial score (nSPS) is 26.2. The van der Waals surface area contributed by atoms with Crippen molar-refractivity contribution in [3.05, 3.63) is 0 Å². The van der Waals surface area contributed by atoms with Gasteiger partial charge in [0.25, 0.3) is 0 Å². The van der Waals surface area contributed by atoms with Crippen LogP contribution < -0.4 is 0 Å². The standard InChI is InChI=1S/C16H31NO4/c1-14-6-4-7-16(12-14,15(18)19)13-17(9-11-21-3)8-5-10-20-2/h14H,4-13H2,1-3H3,(H,18,19). The van der Waals surface area contributed by atoms with E-state index in [9.17, 15) is 9.90 Å². The van der Waals surface area contributed by atoms with E-state index >= 15 is 0 Å². The highest BCUT2D eigenvalue weighted by molar-refractivity contribution is 5.75. The number of methoxy groups -OCH3 is 2. The second-order valence-electron chi connectivity index (χ2n) is 6.40. The monoisotopic (exact) mass is 301 g/mol. The summed E-state index contributed by atoms with van der Waals surface area (Å²) in [6, 6.07) is 0. The number of aliphatic carboxylic acids is 1. The Hall–Kier alpha value is -0.650. The van der Waals surface area contributed by atoms with Crippen molar-refractivity contribution < 1.29 is 19.4 Å². The Morgan fingerprint density at radius 2 is 2.00 bits per heavy atom. The minimum atomic E-state index is -0.636. The number of carboxylic acids is 1. The van der Waals surface area contributed by atoms with Crippen molar-refractivity contribution in [2.24, 2.45) is 11.3 Å². The van der Waals surface area contributed by atoms with Gasteiger partial charge in [0.1, 0.15) is 0 Å². The van der Waals surface area contributed by atoms with Gasteiger partial charge in [-0.05, 0) is 25.2 Å². The highest BCUT2D eigenvalue weighted by Gasteiger charge is 2.42. The van der Waals surface area contributed by atoms with E-state index in [0.717, 1.165) is 45.2 Å². The molecular weight excluding hydrogens is 270 g/mol. The molecule has 1 fully saturated rings. The van der Waals surface area contributed by atoms with Crippen molar-refractivity contribution in [3.63, 3.8) is 0 Å². The van der Waals surface area contributed by atoms with E-state index in [1.807, 2.05) is 0 Å². The van der Waals surface area contributed by atoms with Crippen LogP contribution in [0.4, 0.5) is 0 Å². The molecule has 5 nitrogen and oxygen atoms in total. The van der Waals surface area contributed by atoms with E-state index in [0.29, 0.717) is 25.7 Å². The Labute approximate surface area is 128 Å². The van der Waals surface area contributed by atoms with Gasteiger partial charge in [0.2, 0.25) is 0 Å². The molecule has 0 aliphatic heterocycles. The Balaban J connectivity index is 2.68. The fraction of sp³-hybridized carbons (Fsp3) is 0.938. The van der Waals surface area contributed by atoms with Crippen LogP contribution in [0.5, 0.6) is 0 Å². The molecule has 1 rings (SSSR count). The third kappa shape index (κ3) is 5.93. The summed E-state index contributed by atoms with van der Waals surface area (Å²) >= 11 is 0. The SMILES string of the molecule is COCCCN(CCOC)CC1(C(=O)O)CCCC(C)C1. The van der Waals surface area contributed by atoms with Gasteiger partial charge in [-0.1, -0.05) is 19.8 Å². The molecule has 0 saturated heterocycles. The van der Waals surface area contributed by atoms with E-state index in [1.165, 1.54) is 0 Å². The minimum absolute atomic E-state index is 0.498. The summed E-state index contributed by atoms with van der Waals surface area (Å²) in [6.45, 7) is 5.78. The first-order chi connectivity index (χ1) is 10.0. The molecule has 1 aliphatic carbocycles. The quantitative estimate of drug-likeness (QED) is 0.627. The number of hydrogen-bond acceptors (Lipinski definition) is 4. The van der Waals surface area contributed by atoms with Crippen LogP contribution in [-0.4, -0.2) is 63.0 Å². The summed E-state index contributed by atoms with van der Waals surface area (Å²) in [5.74, 6) is -0.138. The number of ether oxygens (including phenoxy) is 2. The first-order valence-electron chi connectivity index (χ1n) is 7.97. The highest BCUT2D eigenvalue weighted by Crippen LogP contribution is 2.40. The van der Waals surface area contributed by atoms with Gasteiger partial charge in [-0.2, -0.15) is 0 Å². The van der Waals surface area contributed by atoms with Gasteiger partial charge in [0.15, 0.2) is 0 Å². The fourth-order valence-corrected chi connectivity index (χ4v) is 3.42. The molecule has 0 aromatic rings. The van der Waals surface area contributed by atoms with Gasteiger partial charge >= 0.3 is 5.97 Å². The molecule has 1 saturated carbocycles. The van der Waals surface area contributed by atoms with Crippen molar-refractivity contribution >= 4 is 5.97 Å². The minimum Gasteiger partial charge on any atom is -0.481 e. The summed E-state index contributed by atoms with van der Waals surface area (Å²) in [5.41, 5.74) is -0.585. The third-order valence-corrected chi connectivity index (χ3v) is 4.51. The summed E-state index contributed by atoms with van der Waals surface area (Å²) in [5, 5.41) is 9.77. The van der Waals surface area contributed by atoms with Crippen molar-refractivity contribution in [1.29, 1.82) is 0 Å². The summed E-state index contributed by atoms with van der Waals surface area (Å²) in [4.78, 5) is 14.1. The molecule has 0 aromatic heterocycles. The van der Waals surface area contributed by atoms with Crippen LogP contribution in [0.3, 0.4) is 0 Å². The molecule has 0 amide bonds. The van der Waals surface area contributed by atoms with Crippen molar-refractivity contribution in [2.75, 3.05) is 47.1 Å². The van der Waals surface area contributed by atoms with Crippen LogP contribution in [0.25, 0.3) is 0 Å². The van der Waals surface area contributed by atoms with Gasteiger partial charge in [-0.25, -0.2) is 0 Å². The number of hydrogen-bond donors (Lipinski definition) is 1. The molecule has 0 radical (unpaired) electrons. The van der Waals surface area contributed by atoms with E-state index < -0.39 is 11.4 Å². The van der Waals surface area contributed by atoms with Crippen LogP contribution in [0, 0.1) is 11.3 Å². The van der Waals surface area contributed by atoms with Gasteiger partial charge in [0.05, 0.1) is 12.0 Å². The van der Waals surface area contributed by atoms with Gasteiger partial charge in [0, 0.05) is 40.5 Å². The van der Waals surface area contributed by atoms with E-state index in [2.05, 4.69) is 11.8 Å². The van der Waals surface area contributed by atoms with Crippen LogP contribution in [0.15, 0.2) is 0 Å². The van der Waals surface area contributed by atoms with Gasteiger partial charge in [-0.15, -0.1) is 0 Å². The summed E-state index contributed by atoms with van der Waals surface area (Å²) in [7, 11) is 3.38. The van der Waals surface area contributed by atoms with Crippen LogP contribution in [0.1, 0.15) is 39.0 Å². The molecule has 21 heavy (non-hydrogen) atoms. The Kier molecular flexibility index (Phi) is 8.22. The van der Waals surface area contributed by atoms with E-state index in [4.69, 9.17) is 9.47 Å². The maximum Gasteiger partial charge on any atom is 0.310 e. The molecule has 5 heteroatoms. The summed E-state index contributed by atoms with van der Waals surface area (Å²) < 4.78 is 10.3. The first-order valence-corrected chi connectivity index (χ1v) is 7.97. The molecule has 124 valence electrons. The predicted molar refractivity (Wildman–Crippen MR) is 82.5 cm³/mol. The van der Waals surface area contributed by atoms with Crippen molar-refractivity contribution in [1.82, 2.24) is 4.90 Å². The zero-order chi connectivity index (χ0) is 15.7. The van der Waals surface area contributed by atoms with E-state index in [-0.39, 0.29) is 0 Å². The maximum absolute atomic E-state index is 11.9. The number of nitrogens with zero attached hydrogens (tertiary/aromatic N) is 1. The average molecular weight is 301 g/mol.